The zero-order valence-electron chi connectivity index (χ0n) is 16.6. The van der Waals surface area contributed by atoms with E-state index in [1.807, 2.05) is 42.5 Å². The fourth-order valence-electron chi connectivity index (χ4n) is 3.16. The van der Waals surface area contributed by atoms with Gasteiger partial charge in [-0.1, -0.05) is 51.1 Å². The molecule has 0 aliphatic heterocycles. The van der Waals surface area contributed by atoms with Crippen molar-refractivity contribution in [3.8, 4) is 10.6 Å². The molecule has 2 aromatic heterocycles. The largest absolute Gasteiger partial charge is 0.263 e. The molecule has 0 saturated heterocycles. The normalized spacial score (nSPS) is 12.4. The van der Waals surface area contributed by atoms with Gasteiger partial charge in [0.2, 0.25) is 0 Å². The van der Waals surface area contributed by atoms with Crippen LogP contribution in [0.3, 0.4) is 0 Å². The molecule has 0 atom stereocenters. The smallest absolute Gasteiger partial charge is 0.182 e. The van der Waals surface area contributed by atoms with E-state index >= 15 is 0 Å². The van der Waals surface area contributed by atoms with Gasteiger partial charge in [-0.25, -0.2) is 13.4 Å². The predicted molar refractivity (Wildman–Crippen MR) is 119 cm³/mol. The number of sulfone groups is 1. The maximum absolute atomic E-state index is 12.9. The van der Waals surface area contributed by atoms with Crippen molar-refractivity contribution < 1.29 is 8.42 Å². The molecular formula is C23H22N2O2S2. The molecule has 2 heterocycles. The van der Waals surface area contributed by atoms with Crippen LogP contribution in [0.2, 0.25) is 0 Å². The van der Waals surface area contributed by atoms with E-state index in [1.54, 1.807) is 35.9 Å². The number of hydrogen-bond donors (Lipinski definition) is 0. The van der Waals surface area contributed by atoms with Crippen LogP contribution >= 0.6 is 11.3 Å². The third-order valence-electron chi connectivity index (χ3n) is 4.80. The zero-order chi connectivity index (χ0) is 20.6. The van der Waals surface area contributed by atoms with Crippen molar-refractivity contribution >= 4 is 31.4 Å². The Morgan fingerprint density at radius 3 is 2.45 bits per heavy atom. The molecule has 0 fully saturated rings. The molecule has 6 heteroatoms. The Hall–Kier alpha value is -2.57. The average Bonchev–Trinajstić information content (AvgIpc) is 3.12. The first-order valence-corrected chi connectivity index (χ1v) is 11.8. The Balaban J connectivity index is 1.61. The lowest BCUT2D eigenvalue weighted by Crippen LogP contribution is -2.11. The second-order valence-corrected chi connectivity index (χ2v) is 11.1. The highest BCUT2D eigenvalue weighted by Gasteiger charge is 2.19. The minimum atomic E-state index is -3.43. The lowest BCUT2D eigenvalue weighted by Gasteiger charge is -2.19. The van der Waals surface area contributed by atoms with E-state index in [9.17, 15) is 8.42 Å². The van der Waals surface area contributed by atoms with E-state index in [2.05, 4.69) is 30.7 Å². The van der Waals surface area contributed by atoms with Gasteiger partial charge in [-0.05, 0) is 40.8 Å². The summed E-state index contributed by atoms with van der Waals surface area (Å²) in [5.74, 6) is -0.0395. The van der Waals surface area contributed by atoms with E-state index in [0.29, 0.717) is 4.90 Å². The second kappa shape index (κ2) is 7.35. The molecular weight excluding hydrogens is 400 g/mol. The summed E-state index contributed by atoms with van der Waals surface area (Å²) >= 11 is 1.55. The summed E-state index contributed by atoms with van der Waals surface area (Å²) in [6, 6.07) is 16.7. The third kappa shape index (κ3) is 4.23. The van der Waals surface area contributed by atoms with Gasteiger partial charge in [-0.3, -0.25) is 4.98 Å². The van der Waals surface area contributed by atoms with Gasteiger partial charge in [0, 0.05) is 18.0 Å². The van der Waals surface area contributed by atoms with Gasteiger partial charge in [0.15, 0.2) is 9.84 Å². The lowest BCUT2D eigenvalue weighted by atomic mass is 9.87. The van der Waals surface area contributed by atoms with Gasteiger partial charge in [0.1, 0.15) is 5.01 Å². The molecule has 0 bridgehead atoms. The standard InChI is InChI=1S/C23H22N2O2S2/c1-23(2,3)18-7-9-19(10-8-18)29(26,27)15-16-5-4-6-17(13-16)22-25-20-11-12-24-14-21(20)28-22/h4-14H,15H2,1-3H3. The van der Waals surface area contributed by atoms with Gasteiger partial charge in [-0.2, -0.15) is 0 Å². The Morgan fingerprint density at radius 1 is 1.00 bits per heavy atom. The summed E-state index contributed by atoms with van der Waals surface area (Å²) in [4.78, 5) is 9.12. The number of thiazole rings is 1. The van der Waals surface area contributed by atoms with Gasteiger partial charge >= 0.3 is 0 Å². The second-order valence-electron chi connectivity index (χ2n) is 8.10. The average molecular weight is 423 g/mol. The first-order chi connectivity index (χ1) is 13.7. The Bertz CT molecular complexity index is 1240. The monoisotopic (exact) mass is 422 g/mol. The molecule has 0 aliphatic carbocycles. The third-order valence-corrected chi connectivity index (χ3v) is 7.56. The highest BCUT2D eigenvalue weighted by atomic mass is 32.2. The molecule has 0 saturated carbocycles. The van der Waals surface area contributed by atoms with Crippen LogP contribution in [0.15, 0.2) is 71.9 Å². The molecule has 0 spiro atoms. The van der Waals surface area contributed by atoms with E-state index in [4.69, 9.17) is 0 Å². The number of nitrogens with zero attached hydrogens (tertiary/aromatic N) is 2. The molecule has 4 rings (SSSR count). The number of benzene rings is 2. The molecule has 2 aromatic carbocycles. The number of fused-ring (bicyclic) bond motifs is 1. The zero-order valence-corrected chi connectivity index (χ0v) is 18.2. The van der Waals surface area contributed by atoms with Crippen LogP contribution in [-0.4, -0.2) is 18.4 Å². The van der Waals surface area contributed by atoms with Crippen LogP contribution in [0.4, 0.5) is 0 Å². The van der Waals surface area contributed by atoms with Crippen LogP contribution in [0, 0.1) is 0 Å². The summed E-state index contributed by atoms with van der Waals surface area (Å²) in [6.07, 6.45) is 3.52. The molecule has 4 aromatic rings. The van der Waals surface area contributed by atoms with Crippen LogP contribution in [-0.2, 0) is 21.0 Å². The van der Waals surface area contributed by atoms with Gasteiger partial charge in [-0.15, -0.1) is 11.3 Å². The van der Waals surface area contributed by atoms with Crippen molar-refractivity contribution in [1.29, 1.82) is 0 Å². The van der Waals surface area contributed by atoms with Crippen molar-refractivity contribution in [2.45, 2.75) is 36.8 Å². The summed E-state index contributed by atoms with van der Waals surface area (Å²) < 4.78 is 26.9. The van der Waals surface area contributed by atoms with Crippen LogP contribution in [0.25, 0.3) is 20.8 Å². The minimum absolute atomic E-state index is 0.0105. The maximum Gasteiger partial charge on any atom is 0.182 e. The van der Waals surface area contributed by atoms with Crippen LogP contribution in [0.5, 0.6) is 0 Å². The van der Waals surface area contributed by atoms with E-state index < -0.39 is 9.84 Å². The molecule has 0 radical (unpaired) electrons. The van der Waals surface area contributed by atoms with Crippen molar-refractivity contribution in [3.05, 3.63) is 78.1 Å². The summed E-state index contributed by atoms with van der Waals surface area (Å²) in [6.45, 7) is 6.33. The Kier molecular flexibility index (Phi) is 5.00. The fraction of sp³-hybridized carbons (Fsp3) is 0.217. The molecule has 0 amide bonds. The minimum Gasteiger partial charge on any atom is -0.263 e. The number of pyridine rings is 1. The van der Waals surface area contributed by atoms with Gasteiger partial charge in [0.25, 0.3) is 0 Å². The van der Waals surface area contributed by atoms with Crippen molar-refractivity contribution in [2.75, 3.05) is 0 Å². The number of aromatic nitrogens is 2. The molecule has 0 aliphatic rings. The quantitative estimate of drug-likeness (QED) is 0.428. The topological polar surface area (TPSA) is 59.9 Å². The Morgan fingerprint density at radius 2 is 1.76 bits per heavy atom. The van der Waals surface area contributed by atoms with Gasteiger partial charge in [0.05, 0.1) is 20.9 Å². The number of rotatable bonds is 4. The lowest BCUT2D eigenvalue weighted by molar-refractivity contribution is 0.586. The molecule has 29 heavy (non-hydrogen) atoms. The highest BCUT2D eigenvalue weighted by Crippen LogP contribution is 2.31. The van der Waals surface area contributed by atoms with E-state index in [0.717, 1.165) is 31.9 Å². The molecule has 0 unspecified atom stereocenters. The van der Waals surface area contributed by atoms with E-state index in [1.165, 1.54) is 0 Å². The van der Waals surface area contributed by atoms with E-state index in [-0.39, 0.29) is 11.2 Å². The van der Waals surface area contributed by atoms with Crippen LogP contribution < -0.4 is 0 Å². The van der Waals surface area contributed by atoms with Crippen molar-refractivity contribution in [1.82, 2.24) is 9.97 Å². The predicted octanol–water partition coefficient (Wildman–Crippen LogP) is 5.63. The van der Waals surface area contributed by atoms with Crippen molar-refractivity contribution in [3.63, 3.8) is 0 Å². The Labute approximate surface area is 175 Å². The summed E-state index contributed by atoms with van der Waals surface area (Å²) in [5.41, 5.74) is 3.67. The molecule has 148 valence electrons. The van der Waals surface area contributed by atoms with Gasteiger partial charge < -0.3 is 0 Å². The molecule has 0 N–H and O–H groups in total. The van der Waals surface area contributed by atoms with Crippen molar-refractivity contribution in [2.24, 2.45) is 0 Å². The first-order valence-electron chi connectivity index (χ1n) is 9.35. The number of hydrogen-bond acceptors (Lipinski definition) is 5. The highest BCUT2D eigenvalue weighted by molar-refractivity contribution is 7.90. The first kappa shape index (κ1) is 19.7. The fourth-order valence-corrected chi connectivity index (χ4v) is 5.43. The summed E-state index contributed by atoms with van der Waals surface area (Å²) in [7, 11) is -3.43. The van der Waals surface area contributed by atoms with Crippen LogP contribution in [0.1, 0.15) is 31.9 Å². The molecule has 4 nitrogen and oxygen atoms in total. The summed E-state index contributed by atoms with van der Waals surface area (Å²) in [5, 5.41) is 0.863. The SMILES string of the molecule is CC(C)(C)c1ccc(S(=O)(=O)Cc2cccc(-c3nc4ccncc4s3)c2)cc1. The maximum atomic E-state index is 12.9.